The monoisotopic (exact) mass is 326 g/mol. The molecule has 0 aliphatic rings. The van der Waals surface area contributed by atoms with Crippen LogP contribution >= 0.6 is 24.8 Å². The third kappa shape index (κ3) is 12.5. The van der Waals surface area contributed by atoms with Gasteiger partial charge in [-0.1, -0.05) is 18.2 Å². The summed E-state index contributed by atoms with van der Waals surface area (Å²) in [6.07, 6.45) is 0. The van der Waals surface area contributed by atoms with Gasteiger partial charge in [0.05, 0.1) is 13.2 Å². The molecule has 0 aromatic heterocycles. The van der Waals surface area contributed by atoms with Crippen LogP contribution in [0, 0.1) is 0 Å². The highest BCUT2D eigenvalue weighted by Gasteiger charge is 1.97. The standard InChI is InChI=1S/C10H15N.C4H11NO2.2ClH/c1-3-11(4-2)10-8-6-5-7-9-10;6-3-1-5-2-4-7;;/h5-9H,3-4H2,1-2H3;5-7H,1-4H2;2*1H. The molecule has 0 bridgehead atoms. The molecule has 0 radical (unpaired) electrons. The molecule has 0 atom stereocenters. The Balaban J connectivity index is -0.000000286. The molecule has 0 saturated carbocycles. The average molecular weight is 327 g/mol. The van der Waals surface area contributed by atoms with E-state index >= 15 is 0 Å². The van der Waals surface area contributed by atoms with Crippen molar-refractivity contribution < 1.29 is 10.2 Å². The zero-order chi connectivity index (χ0) is 13.6. The van der Waals surface area contributed by atoms with Crippen molar-refractivity contribution in [2.45, 2.75) is 13.8 Å². The van der Waals surface area contributed by atoms with E-state index < -0.39 is 0 Å². The number of hydrogen-bond donors (Lipinski definition) is 3. The summed E-state index contributed by atoms with van der Waals surface area (Å²) in [4.78, 5) is 2.33. The number of aliphatic hydroxyl groups is 2. The first-order valence-corrected chi connectivity index (χ1v) is 6.52. The quantitative estimate of drug-likeness (QED) is 0.670. The van der Waals surface area contributed by atoms with Gasteiger partial charge in [0.1, 0.15) is 0 Å². The Kier molecular flexibility index (Phi) is 22.6. The Morgan fingerprint density at radius 3 is 1.70 bits per heavy atom. The van der Waals surface area contributed by atoms with Gasteiger partial charge in [-0.3, -0.25) is 0 Å². The van der Waals surface area contributed by atoms with Crippen LogP contribution in [0.25, 0.3) is 0 Å². The molecule has 4 nitrogen and oxygen atoms in total. The zero-order valence-corrected chi connectivity index (χ0v) is 13.9. The van der Waals surface area contributed by atoms with Gasteiger partial charge in [0, 0.05) is 31.9 Å². The smallest absolute Gasteiger partial charge is 0.0555 e. The maximum atomic E-state index is 8.15. The molecule has 6 heteroatoms. The molecule has 0 heterocycles. The maximum absolute atomic E-state index is 8.15. The summed E-state index contributed by atoms with van der Waals surface area (Å²) in [6.45, 7) is 7.94. The van der Waals surface area contributed by atoms with E-state index in [0.29, 0.717) is 13.1 Å². The second kappa shape index (κ2) is 18.5. The average Bonchev–Trinajstić information content (AvgIpc) is 2.43. The second-order valence-electron chi connectivity index (χ2n) is 3.71. The molecule has 3 N–H and O–H groups in total. The minimum Gasteiger partial charge on any atom is -0.395 e. The van der Waals surface area contributed by atoms with Gasteiger partial charge in [-0.15, -0.1) is 24.8 Å². The summed E-state index contributed by atoms with van der Waals surface area (Å²) in [5.74, 6) is 0. The lowest BCUT2D eigenvalue weighted by Gasteiger charge is -2.20. The lowest BCUT2D eigenvalue weighted by atomic mass is 10.3. The van der Waals surface area contributed by atoms with Gasteiger partial charge in [0.2, 0.25) is 0 Å². The third-order valence-electron chi connectivity index (χ3n) is 2.46. The Bertz CT molecular complexity index is 269. The number of nitrogens with zero attached hydrogens (tertiary/aromatic N) is 1. The van der Waals surface area contributed by atoms with Crippen LogP contribution in [0.3, 0.4) is 0 Å². The molecule has 1 aromatic carbocycles. The van der Waals surface area contributed by atoms with Gasteiger partial charge in [0.15, 0.2) is 0 Å². The number of aliphatic hydroxyl groups excluding tert-OH is 2. The van der Waals surface area contributed by atoms with E-state index in [0.717, 1.165) is 13.1 Å². The van der Waals surface area contributed by atoms with Gasteiger partial charge < -0.3 is 20.4 Å². The van der Waals surface area contributed by atoms with E-state index in [9.17, 15) is 0 Å². The summed E-state index contributed by atoms with van der Waals surface area (Å²) in [5.41, 5.74) is 1.32. The van der Waals surface area contributed by atoms with Crippen molar-refractivity contribution >= 4 is 30.5 Å². The first kappa shape index (κ1) is 24.5. The minimum absolute atomic E-state index is 0. The maximum Gasteiger partial charge on any atom is 0.0555 e. The lowest BCUT2D eigenvalue weighted by molar-refractivity contribution is 0.267. The Labute approximate surface area is 135 Å². The Morgan fingerprint density at radius 1 is 0.900 bits per heavy atom. The highest BCUT2D eigenvalue weighted by molar-refractivity contribution is 5.85. The summed E-state index contributed by atoms with van der Waals surface area (Å²) in [5, 5.41) is 19.1. The van der Waals surface area contributed by atoms with E-state index in [1.54, 1.807) is 0 Å². The van der Waals surface area contributed by atoms with Gasteiger partial charge >= 0.3 is 0 Å². The zero-order valence-electron chi connectivity index (χ0n) is 12.3. The number of nitrogens with one attached hydrogen (secondary N) is 1. The number of benzene rings is 1. The van der Waals surface area contributed by atoms with Crippen LogP contribution in [0.5, 0.6) is 0 Å². The highest BCUT2D eigenvalue weighted by Crippen LogP contribution is 2.11. The molecule has 0 spiro atoms. The topological polar surface area (TPSA) is 55.7 Å². The van der Waals surface area contributed by atoms with Crippen LogP contribution in [-0.2, 0) is 0 Å². The fourth-order valence-corrected chi connectivity index (χ4v) is 1.51. The van der Waals surface area contributed by atoms with Crippen LogP contribution in [-0.4, -0.2) is 49.6 Å². The molecule has 0 fully saturated rings. The minimum atomic E-state index is 0. The molecular weight excluding hydrogens is 299 g/mol. The summed E-state index contributed by atoms with van der Waals surface area (Å²) in [7, 11) is 0. The van der Waals surface area contributed by atoms with E-state index in [1.165, 1.54) is 5.69 Å². The summed E-state index contributed by atoms with van der Waals surface area (Å²) in [6, 6.07) is 10.5. The van der Waals surface area contributed by atoms with Crippen LogP contribution in [0.1, 0.15) is 13.8 Å². The predicted molar refractivity (Wildman–Crippen MR) is 91.5 cm³/mol. The van der Waals surface area contributed by atoms with Crippen LogP contribution in [0.4, 0.5) is 5.69 Å². The fourth-order valence-electron chi connectivity index (χ4n) is 1.51. The van der Waals surface area contributed by atoms with Crippen molar-refractivity contribution in [2.75, 3.05) is 44.3 Å². The van der Waals surface area contributed by atoms with Gasteiger partial charge in [-0.05, 0) is 26.0 Å². The molecule has 0 aliphatic carbocycles. The van der Waals surface area contributed by atoms with Crippen LogP contribution in [0.2, 0.25) is 0 Å². The normalized spacial score (nSPS) is 8.60. The van der Waals surface area contributed by atoms with Gasteiger partial charge in [0.25, 0.3) is 0 Å². The summed E-state index contributed by atoms with van der Waals surface area (Å²) >= 11 is 0. The molecule has 1 rings (SSSR count). The molecule has 0 amide bonds. The largest absolute Gasteiger partial charge is 0.395 e. The van der Waals surface area contributed by atoms with E-state index in [4.69, 9.17) is 10.2 Å². The Hall–Kier alpha value is -0.520. The lowest BCUT2D eigenvalue weighted by Crippen LogP contribution is -2.21. The number of halogens is 2. The van der Waals surface area contributed by atoms with Crippen molar-refractivity contribution in [1.29, 1.82) is 0 Å². The molecule has 120 valence electrons. The molecule has 0 saturated heterocycles. The van der Waals surface area contributed by atoms with Crippen molar-refractivity contribution in [1.82, 2.24) is 5.32 Å². The fraction of sp³-hybridized carbons (Fsp3) is 0.571. The molecule has 1 aromatic rings. The molecule has 0 unspecified atom stereocenters. The first-order chi connectivity index (χ1) is 8.79. The Morgan fingerprint density at radius 2 is 1.35 bits per heavy atom. The van der Waals surface area contributed by atoms with E-state index in [1.807, 2.05) is 6.07 Å². The van der Waals surface area contributed by atoms with Gasteiger partial charge in [-0.2, -0.15) is 0 Å². The van der Waals surface area contributed by atoms with Crippen LogP contribution in [0.15, 0.2) is 30.3 Å². The van der Waals surface area contributed by atoms with Crippen molar-refractivity contribution in [2.24, 2.45) is 0 Å². The first-order valence-electron chi connectivity index (χ1n) is 6.52. The number of rotatable bonds is 7. The van der Waals surface area contributed by atoms with Crippen molar-refractivity contribution in [3.8, 4) is 0 Å². The predicted octanol–water partition coefficient (Wildman–Crippen LogP) is 1.94. The van der Waals surface area contributed by atoms with Crippen molar-refractivity contribution in [3.63, 3.8) is 0 Å². The van der Waals surface area contributed by atoms with Crippen LogP contribution < -0.4 is 10.2 Å². The SMILES string of the molecule is CCN(CC)c1ccccc1.Cl.Cl.OCCNCCO. The summed E-state index contributed by atoms with van der Waals surface area (Å²) < 4.78 is 0. The second-order valence-corrected chi connectivity index (χ2v) is 3.71. The molecule has 20 heavy (non-hydrogen) atoms. The molecule has 0 aliphatic heterocycles. The number of para-hydroxylation sites is 1. The highest BCUT2D eigenvalue weighted by atomic mass is 35.5. The van der Waals surface area contributed by atoms with E-state index in [2.05, 4.69) is 48.3 Å². The van der Waals surface area contributed by atoms with Crippen molar-refractivity contribution in [3.05, 3.63) is 30.3 Å². The number of hydrogen-bond acceptors (Lipinski definition) is 4. The molecular formula is C14H28Cl2N2O2. The van der Waals surface area contributed by atoms with E-state index in [-0.39, 0.29) is 38.0 Å². The third-order valence-corrected chi connectivity index (χ3v) is 2.46. The number of anilines is 1. The van der Waals surface area contributed by atoms with Gasteiger partial charge in [-0.25, -0.2) is 0 Å².